The van der Waals surface area contributed by atoms with Crippen LogP contribution in [0.1, 0.15) is 5.56 Å². The van der Waals surface area contributed by atoms with Crippen molar-refractivity contribution >= 4 is 34.7 Å². The lowest BCUT2D eigenvalue weighted by Gasteiger charge is -2.10. The van der Waals surface area contributed by atoms with E-state index < -0.39 is 6.36 Å². The second-order valence-electron chi connectivity index (χ2n) is 5.55. The molecule has 3 rings (SSSR count). The lowest BCUT2D eigenvalue weighted by molar-refractivity contribution is -0.274. The van der Waals surface area contributed by atoms with Crippen LogP contribution in [0.4, 0.5) is 18.9 Å². The van der Waals surface area contributed by atoms with Crippen LogP contribution in [0.15, 0.2) is 58.9 Å². The highest BCUT2D eigenvalue weighted by molar-refractivity contribution is 8.00. The average Bonchev–Trinajstić information content (AvgIpc) is 3.21. The summed E-state index contributed by atoms with van der Waals surface area (Å²) in [5, 5.41) is 14.2. The van der Waals surface area contributed by atoms with Crippen molar-refractivity contribution in [2.24, 2.45) is 0 Å². The first kappa shape index (κ1) is 20.7. The Kier molecular flexibility index (Phi) is 6.41. The molecular formula is C19H12F3N3O2S2. The lowest BCUT2D eigenvalue weighted by atomic mass is 10.2. The standard InChI is InChI=1S/C19H12F3N3O2S2/c20-19(21,22)27-14-6-4-13(5-7-14)24-17(26)11-29-18-12(10-23)3-8-15(25-18)16-2-1-9-28-16/h1-9H,11H2,(H,24,26). The van der Waals surface area contributed by atoms with Gasteiger partial charge in [-0.2, -0.15) is 5.26 Å². The molecule has 0 saturated carbocycles. The number of ether oxygens (including phenoxy) is 1. The van der Waals surface area contributed by atoms with E-state index in [1.165, 1.54) is 23.5 Å². The third-order valence-corrected chi connectivity index (χ3v) is 5.35. The van der Waals surface area contributed by atoms with Gasteiger partial charge in [-0.1, -0.05) is 17.8 Å². The number of thiophene rings is 1. The van der Waals surface area contributed by atoms with Crippen molar-refractivity contribution in [2.75, 3.05) is 11.1 Å². The zero-order valence-electron chi connectivity index (χ0n) is 14.6. The van der Waals surface area contributed by atoms with Crippen LogP contribution in [0.25, 0.3) is 10.6 Å². The van der Waals surface area contributed by atoms with Crippen LogP contribution in [-0.4, -0.2) is 23.0 Å². The number of rotatable bonds is 6. The van der Waals surface area contributed by atoms with Crippen LogP contribution in [0.3, 0.4) is 0 Å². The van der Waals surface area contributed by atoms with E-state index in [1.54, 1.807) is 12.1 Å². The SMILES string of the molecule is N#Cc1ccc(-c2cccs2)nc1SCC(=O)Nc1ccc(OC(F)(F)F)cc1. The molecule has 1 aromatic carbocycles. The first-order valence-corrected chi connectivity index (χ1v) is 9.94. The van der Waals surface area contributed by atoms with E-state index in [-0.39, 0.29) is 17.4 Å². The van der Waals surface area contributed by atoms with E-state index in [2.05, 4.69) is 15.0 Å². The minimum atomic E-state index is -4.77. The highest BCUT2D eigenvalue weighted by Crippen LogP contribution is 2.28. The predicted octanol–water partition coefficient (Wildman–Crippen LogP) is 5.31. The molecule has 5 nitrogen and oxygen atoms in total. The molecule has 0 saturated heterocycles. The van der Waals surface area contributed by atoms with Crippen molar-refractivity contribution in [1.29, 1.82) is 5.26 Å². The number of thioether (sulfide) groups is 1. The maximum Gasteiger partial charge on any atom is 0.573 e. The van der Waals surface area contributed by atoms with Gasteiger partial charge in [-0.3, -0.25) is 4.79 Å². The van der Waals surface area contributed by atoms with E-state index >= 15 is 0 Å². The summed E-state index contributed by atoms with van der Waals surface area (Å²) in [4.78, 5) is 17.6. The Morgan fingerprint density at radius 2 is 1.97 bits per heavy atom. The van der Waals surface area contributed by atoms with Crippen LogP contribution >= 0.6 is 23.1 Å². The molecule has 0 radical (unpaired) electrons. The van der Waals surface area contributed by atoms with Crippen molar-refractivity contribution < 1.29 is 22.7 Å². The monoisotopic (exact) mass is 435 g/mol. The molecule has 2 heterocycles. The number of amides is 1. The number of nitrogens with one attached hydrogen (secondary N) is 1. The summed E-state index contributed by atoms with van der Waals surface area (Å²) in [6.45, 7) is 0. The number of carbonyl (C=O) groups excluding carboxylic acids is 1. The molecule has 0 spiro atoms. The minimum absolute atomic E-state index is 0.0175. The Hall–Kier alpha value is -3.03. The number of anilines is 1. The Balaban J connectivity index is 1.62. The van der Waals surface area contributed by atoms with Crippen LogP contribution in [-0.2, 0) is 4.79 Å². The van der Waals surface area contributed by atoms with Crippen molar-refractivity contribution in [2.45, 2.75) is 11.4 Å². The van der Waals surface area contributed by atoms with Gasteiger partial charge in [0.2, 0.25) is 5.91 Å². The molecule has 29 heavy (non-hydrogen) atoms. The summed E-state index contributed by atoms with van der Waals surface area (Å²) in [5.41, 5.74) is 1.39. The molecule has 0 bridgehead atoms. The number of halogens is 3. The van der Waals surface area contributed by atoms with E-state index in [0.717, 1.165) is 28.8 Å². The molecule has 0 aliphatic carbocycles. The molecule has 148 valence electrons. The number of carbonyl (C=O) groups is 1. The summed E-state index contributed by atoms with van der Waals surface area (Å²) in [7, 11) is 0. The van der Waals surface area contributed by atoms with Crippen LogP contribution in [0, 0.1) is 11.3 Å². The maximum absolute atomic E-state index is 12.2. The van der Waals surface area contributed by atoms with Crippen molar-refractivity contribution in [1.82, 2.24) is 4.98 Å². The number of aromatic nitrogens is 1. The summed E-state index contributed by atoms with van der Waals surface area (Å²) >= 11 is 2.62. The van der Waals surface area contributed by atoms with Gasteiger partial charge in [-0.15, -0.1) is 24.5 Å². The smallest absolute Gasteiger partial charge is 0.406 e. The Labute approximate surface area is 172 Å². The zero-order chi connectivity index (χ0) is 20.9. The van der Waals surface area contributed by atoms with Crippen LogP contribution < -0.4 is 10.1 Å². The van der Waals surface area contributed by atoms with E-state index in [0.29, 0.717) is 22.0 Å². The largest absolute Gasteiger partial charge is 0.573 e. The van der Waals surface area contributed by atoms with Crippen LogP contribution in [0.5, 0.6) is 5.75 Å². The third-order valence-electron chi connectivity index (χ3n) is 3.47. The Morgan fingerprint density at radius 1 is 1.21 bits per heavy atom. The fraction of sp³-hybridized carbons (Fsp3) is 0.105. The topological polar surface area (TPSA) is 75.0 Å². The molecule has 3 aromatic rings. The lowest BCUT2D eigenvalue weighted by Crippen LogP contribution is -2.17. The first-order chi connectivity index (χ1) is 13.8. The van der Waals surface area contributed by atoms with Gasteiger partial charge in [0, 0.05) is 5.69 Å². The summed E-state index contributed by atoms with van der Waals surface area (Å²) in [5.74, 6) is -0.777. The third kappa shape index (κ3) is 5.97. The van der Waals surface area contributed by atoms with Gasteiger partial charge in [0.15, 0.2) is 0 Å². The number of hydrogen-bond acceptors (Lipinski definition) is 6. The molecule has 10 heteroatoms. The number of nitriles is 1. The minimum Gasteiger partial charge on any atom is -0.406 e. The van der Waals surface area contributed by atoms with Crippen molar-refractivity contribution in [3.63, 3.8) is 0 Å². The normalized spacial score (nSPS) is 11.0. The second-order valence-corrected chi connectivity index (χ2v) is 7.46. The quantitative estimate of drug-likeness (QED) is 0.531. The summed E-state index contributed by atoms with van der Waals surface area (Å²) in [6, 6.07) is 14.1. The van der Waals surface area contributed by atoms with Gasteiger partial charge in [-0.25, -0.2) is 4.98 Å². The van der Waals surface area contributed by atoms with Crippen LogP contribution in [0.2, 0.25) is 0 Å². The van der Waals surface area contributed by atoms with Gasteiger partial charge < -0.3 is 10.1 Å². The van der Waals surface area contributed by atoms with E-state index in [9.17, 15) is 23.2 Å². The highest BCUT2D eigenvalue weighted by atomic mass is 32.2. The van der Waals surface area contributed by atoms with Crippen molar-refractivity contribution in [3.05, 3.63) is 59.5 Å². The second kappa shape index (κ2) is 8.98. The molecule has 0 aliphatic heterocycles. The summed E-state index contributed by atoms with van der Waals surface area (Å²) in [6.07, 6.45) is -4.77. The predicted molar refractivity (Wildman–Crippen MR) is 105 cm³/mol. The number of hydrogen-bond donors (Lipinski definition) is 1. The van der Waals surface area contributed by atoms with Gasteiger partial charge >= 0.3 is 6.36 Å². The molecule has 0 atom stereocenters. The Morgan fingerprint density at radius 3 is 2.59 bits per heavy atom. The molecule has 0 aliphatic rings. The summed E-state index contributed by atoms with van der Waals surface area (Å²) < 4.78 is 40.3. The number of alkyl halides is 3. The number of pyridine rings is 1. The highest BCUT2D eigenvalue weighted by Gasteiger charge is 2.30. The fourth-order valence-corrected chi connectivity index (χ4v) is 3.74. The molecule has 2 aromatic heterocycles. The molecule has 0 fully saturated rings. The molecule has 0 unspecified atom stereocenters. The van der Waals surface area contributed by atoms with Gasteiger partial charge in [0.25, 0.3) is 0 Å². The average molecular weight is 435 g/mol. The molecule has 1 N–H and O–H groups in total. The van der Waals surface area contributed by atoms with E-state index in [4.69, 9.17) is 0 Å². The van der Waals surface area contributed by atoms with Crippen molar-refractivity contribution in [3.8, 4) is 22.4 Å². The fourth-order valence-electron chi connectivity index (χ4n) is 2.27. The number of benzene rings is 1. The van der Waals surface area contributed by atoms with Gasteiger partial charge in [0.1, 0.15) is 16.8 Å². The van der Waals surface area contributed by atoms with Gasteiger partial charge in [-0.05, 0) is 47.8 Å². The molecular weight excluding hydrogens is 423 g/mol. The Bertz CT molecular complexity index is 1030. The first-order valence-electron chi connectivity index (χ1n) is 8.07. The zero-order valence-corrected chi connectivity index (χ0v) is 16.2. The maximum atomic E-state index is 12.2. The van der Waals surface area contributed by atoms with Gasteiger partial charge in [0.05, 0.1) is 21.9 Å². The van der Waals surface area contributed by atoms with E-state index in [1.807, 2.05) is 23.6 Å². The number of nitrogens with zero attached hydrogens (tertiary/aromatic N) is 2. The molecule has 1 amide bonds.